The minimum absolute atomic E-state index is 0.0252. The maximum Gasteiger partial charge on any atom is 0.240 e. The molecule has 0 saturated carbocycles. The zero-order valence-corrected chi connectivity index (χ0v) is 11.6. The molecule has 1 aromatic rings. The Labute approximate surface area is 108 Å². The van der Waals surface area contributed by atoms with Crippen molar-refractivity contribution in [2.24, 2.45) is 0 Å². The first-order valence-electron chi connectivity index (χ1n) is 5.11. The fraction of sp³-hybridized carbons (Fsp3) is 0.400. The smallest absolute Gasteiger partial charge is 0.240 e. The van der Waals surface area contributed by atoms with Crippen LogP contribution in [-0.2, 0) is 20.8 Å². The number of sulfonamides is 1. The van der Waals surface area contributed by atoms with Gasteiger partial charge in [-0.1, -0.05) is 0 Å². The number of hydrogen-bond donors (Lipinski definition) is 2. The topological polar surface area (TPSA) is 89.3 Å². The number of anilines is 1. The molecule has 1 aromatic carbocycles. The molecule has 1 rings (SSSR count). The summed E-state index contributed by atoms with van der Waals surface area (Å²) in [4.78, 5) is -0.205. The molecule has 0 fully saturated rings. The molecule has 18 heavy (non-hydrogen) atoms. The van der Waals surface area contributed by atoms with Gasteiger partial charge in [0.25, 0.3) is 0 Å². The van der Waals surface area contributed by atoms with Crippen LogP contribution in [0.5, 0.6) is 0 Å². The molecule has 5 nitrogen and oxygen atoms in total. The number of halogens is 1. The fourth-order valence-electron chi connectivity index (χ4n) is 1.10. The van der Waals surface area contributed by atoms with Crippen molar-refractivity contribution < 1.29 is 17.0 Å². The van der Waals surface area contributed by atoms with E-state index in [9.17, 15) is 17.0 Å². The Kier molecular flexibility index (Phi) is 4.83. The zero-order chi connectivity index (χ0) is 13.9. The van der Waals surface area contributed by atoms with E-state index in [2.05, 4.69) is 4.72 Å². The van der Waals surface area contributed by atoms with E-state index in [-0.39, 0.29) is 22.4 Å². The highest BCUT2D eigenvalue weighted by atomic mass is 32.2. The van der Waals surface area contributed by atoms with Crippen molar-refractivity contribution in [1.82, 2.24) is 4.72 Å². The third-order valence-electron chi connectivity index (χ3n) is 2.41. The van der Waals surface area contributed by atoms with E-state index >= 15 is 0 Å². The van der Waals surface area contributed by atoms with Gasteiger partial charge in [0, 0.05) is 28.9 Å². The molecular formula is C10H15FN2O3S2. The minimum atomic E-state index is -3.81. The molecule has 0 amide bonds. The predicted octanol–water partition coefficient (Wildman–Crippen LogP) is 0.453. The van der Waals surface area contributed by atoms with Gasteiger partial charge < -0.3 is 5.73 Å². The molecule has 0 aliphatic carbocycles. The molecule has 8 heteroatoms. The van der Waals surface area contributed by atoms with Crippen LogP contribution >= 0.6 is 0 Å². The molecule has 0 heterocycles. The third kappa shape index (κ3) is 3.76. The lowest BCUT2D eigenvalue weighted by atomic mass is 10.3. The highest BCUT2D eigenvalue weighted by Crippen LogP contribution is 2.16. The van der Waals surface area contributed by atoms with E-state index in [4.69, 9.17) is 5.73 Å². The van der Waals surface area contributed by atoms with Gasteiger partial charge in [0.05, 0.1) is 10.6 Å². The summed E-state index contributed by atoms with van der Waals surface area (Å²) in [6.07, 6.45) is 1.49. The van der Waals surface area contributed by atoms with Gasteiger partial charge in [0.15, 0.2) is 0 Å². The number of nitrogen functional groups attached to an aromatic ring is 1. The first-order valence-corrected chi connectivity index (χ1v) is 8.21. The molecule has 0 aromatic heterocycles. The fourth-order valence-corrected chi connectivity index (χ4v) is 2.67. The van der Waals surface area contributed by atoms with Crippen LogP contribution in [0.2, 0.25) is 0 Å². The first-order chi connectivity index (χ1) is 8.24. The maximum atomic E-state index is 13.2. The van der Waals surface area contributed by atoms with Crippen LogP contribution in [0.3, 0.4) is 0 Å². The van der Waals surface area contributed by atoms with Crippen LogP contribution in [0.1, 0.15) is 6.92 Å². The van der Waals surface area contributed by atoms with Gasteiger partial charge in [0.1, 0.15) is 5.82 Å². The highest BCUT2D eigenvalue weighted by molar-refractivity contribution is 7.89. The van der Waals surface area contributed by atoms with E-state index < -0.39 is 26.6 Å². The Bertz CT molecular complexity index is 560. The van der Waals surface area contributed by atoms with Crippen LogP contribution in [0.25, 0.3) is 0 Å². The standard InChI is InChI=1S/C10H15FN2O3S2/c1-7(17(2)14)6-13-18(15,16)8-3-4-10(12)9(11)5-8/h3-5,7,13H,6,12H2,1-2H3. The molecule has 0 bridgehead atoms. The second-order valence-electron chi connectivity index (χ2n) is 3.84. The minimum Gasteiger partial charge on any atom is -0.396 e. The normalized spacial score (nSPS) is 15.3. The molecule has 2 unspecified atom stereocenters. The Morgan fingerprint density at radius 2 is 2.11 bits per heavy atom. The molecule has 0 spiro atoms. The summed E-state index contributed by atoms with van der Waals surface area (Å²) in [5, 5.41) is -0.321. The third-order valence-corrected chi connectivity index (χ3v) is 5.13. The summed E-state index contributed by atoms with van der Waals surface area (Å²) in [5.41, 5.74) is 5.15. The van der Waals surface area contributed by atoms with E-state index in [1.54, 1.807) is 6.92 Å². The summed E-state index contributed by atoms with van der Waals surface area (Å²) in [6.45, 7) is 1.68. The number of hydrogen-bond acceptors (Lipinski definition) is 4. The van der Waals surface area contributed by atoms with E-state index in [1.807, 2.05) is 0 Å². The van der Waals surface area contributed by atoms with Gasteiger partial charge in [-0.3, -0.25) is 4.21 Å². The SMILES string of the molecule is CC(CNS(=O)(=O)c1ccc(N)c(F)c1)S(C)=O. The van der Waals surface area contributed by atoms with Gasteiger partial charge in [-0.2, -0.15) is 0 Å². The molecule has 0 aliphatic heterocycles. The summed E-state index contributed by atoms with van der Waals surface area (Å²) in [6, 6.07) is 3.25. The van der Waals surface area contributed by atoms with Gasteiger partial charge in [-0.05, 0) is 25.1 Å². The van der Waals surface area contributed by atoms with Crippen molar-refractivity contribution in [2.75, 3.05) is 18.5 Å². The van der Waals surface area contributed by atoms with Gasteiger partial charge in [-0.25, -0.2) is 17.5 Å². The molecule has 0 saturated heterocycles. The number of nitrogens with two attached hydrogens (primary N) is 1. The lowest BCUT2D eigenvalue weighted by Gasteiger charge is -2.11. The van der Waals surface area contributed by atoms with Crippen molar-refractivity contribution in [3.63, 3.8) is 0 Å². The average molecular weight is 294 g/mol. The average Bonchev–Trinajstić information content (AvgIpc) is 2.29. The van der Waals surface area contributed by atoms with Crippen molar-refractivity contribution in [3.8, 4) is 0 Å². The largest absolute Gasteiger partial charge is 0.396 e. The summed E-state index contributed by atoms with van der Waals surface area (Å²) < 4.78 is 50.2. The van der Waals surface area contributed by atoms with Gasteiger partial charge in [-0.15, -0.1) is 0 Å². The van der Waals surface area contributed by atoms with Crippen molar-refractivity contribution in [3.05, 3.63) is 24.0 Å². The molecule has 3 N–H and O–H groups in total. The Hall–Kier alpha value is -0.990. The van der Waals surface area contributed by atoms with Gasteiger partial charge in [0.2, 0.25) is 10.0 Å². The molecular weight excluding hydrogens is 279 g/mol. The van der Waals surface area contributed by atoms with Crippen LogP contribution in [0, 0.1) is 5.82 Å². The lowest BCUT2D eigenvalue weighted by Crippen LogP contribution is -2.32. The second kappa shape index (κ2) is 5.77. The zero-order valence-electron chi connectivity index (χ0n) is 10.0. The van der Waals surface area contributed by atoms with Crippen LogP contribution in [0.15, 0.2) is 23.1 Å². The van der Waals surface area contributed by atoms with Crippen molar-refractivity contribution >= 4 is 26.5 Å². The quantitative estimate of drug-likeness (QED) is 0.772. The summed E-state index contributed by atoms with van der Waals surface area (Å²) >= 11 is 0. The van der Waals surface area contributed by atoms with E-state index in [0.717, 1.165) is 6.07 Å². The summed E-state index contributed by atoms with van der Waals surface area (Å²) in [7, 11) is -4.94. The van der Waals surface area contributed by atoms with E-state index in [0.29, 0.717) is 0 Å². The Morgan fingerprint density at radius 3 is 2.61 bits per heavy atom. The number of nitrogens with one attached hydrogen (secondary N) is 1. The van der Waals surface area contributed by atoms with Crippen LogP contribution in [-0.4, -0.2) is 30.7 Å². The van der Waals surface area contributed by atoms with Crippen molar-refractivity contribution in [2.45, 2.75) is 17.1 Å². The lowest BCUT2D eigenvalue weighted by molar-refractivity contribution is 0.577. The van der Waals surface area contributed by atoms with Crippen molar-refractivity contribution in [1.29, 1.82) is 0 Å². The summed E-state index contributed by atoms with van der Waals surface area (Å²) in [5.74, 6) is -0.787. The number of rotatable bonds is 5. The van der Waals surface area contributed by atoms with E-state index in [1.165, 1.54) is 18.4 Å². The highest BCUT2D eigenvalue weighted by Gasteiger charge is 2.17. The molecule has 0 aliphatic rings. The first kappa shape index (κ1) is 15.1. The number of benzene rings is 1. The molecule has 0 radical (unpaired) electrons. The Balaban J connectivity index is 2.87. The van der Waals surface area contributed by atoms with Crippen LogP contribution < -0.4 is 10.5 Å². The van der Waals surface area contributed by atoms with Crippen LogP contribution in [0.4, 0.5) is 10.1 Å². The van der Waals surface area contributed by atoms with Gasteiger partial charge >= 0.3 is 0 Å². The monoisotopic (exact) mass is 294 g/mol. The predicted molar refractivity (Wildman–Crippen MR) is 69.5 cm³/mol. The Morgan fingerprint density at radius 1 is 1.50 bits per heavy atom. The maximum absolute atomic E-state index is 13.2. The molecule has 102 valence electrons. The molecule has 2 atom stereocenters. The second-order valence-corrected chi connectivity index (χ2v) is 7.41.